The van der Waals surface area contributed by atoms with E-state index in [1.54, 1.807) is 18.4 Å². The Balaban J connectivity index is 1.69. The molecule has 5 nitrogen and oxygen atoms in total. The Morgan fingerprint density at radius 2 is 2.33 bits per heavy atom. The maximum Gasteiger partial charge on any atom is 0.237 e. The fourth-order valence-electron chi connectivity index (χ4n) is 3.07. The number of hydrogen-bond acceptors (Lipinski definition) is 5. The second kappa shape index (κ2) is 5.59. The number of methoxy groups -OCH3 is 1. The van der Waals surface area contributed by atoms with Crippen molar-refractivity contribution in [2.45, 2.75) is 45.9 Å². The maximum absolute atomic E-state index is 5.78. The van der Waals surface area contributed by atoms with Crippen molar-refractivity contribution in [3.8, 4) is 5.88 Å². The first-order chi connectivity index (χ1) is 10.1. The topological polar surface area (TPSA) is 47.8 Å². The molecule has 1 aliphatic carbocycles. The molecule has 0 radical (unpaired) electrons. The fraction of sp³-hybridized carbons (Fsp3) is 0.667. The highest BCUT2D eigenvalue weighted by molar-refractivity contribution is 7.15. The van der Waals surface area contributed by atoms with Gasteiger partial charge in [0.25, 0.3) is 0 Å². The van der Waals surface area contributed by atoms with Crippen LogP contribution in [-0.2, 0) is 11.3 Å². The molecule has 21 heavy (non-hydrogen) atoms. The lowest BCUT2D eigenvalue weighted by Gasteiger charge is -2.51. The summed E-state index contributed by atoms with van der Waals surface area (Å²) >= 11 is 1.62. The van der Waals surface area contributed by atoms with Gasteiger partial charge in [-0.05, 0) is 13.3 Å². The van der Waals surface area contributed by atoms with Crippen LogP contribution in [0.2, 0.25) is 0 Å². The summed E-state index contributed by atoms with van der Waals surface area (Å²) < 4.78 is 13.3. The van der Waals surface area contributed by atoms with Crippen LogP contribution in [0.5, 0.6) is 5.88 Å². The molecule has 0 aliphatic heterocycles. The minimum Gasteiger partial charge on any atom is -0.480 e. The van der Waals surface area contributed by atoms with Crippen molar-refractivity contribution in [1.29, 1.82) is 0 Å². The third-order valence-corrected chi connectivity index (χ3v) is 5.34. The molecule has 0 spiro atoms. The first-order valence-electron chi connectivity index (χ1n) is 7.41. The van der Waals surface area contributed by atoms with E-state index in [0.29, 0.717) is 18.0 Å². The second-order valence-electron chi connectivity index (χ2n) is 6.06. The third kappa shape index (κ3) is 2.45. The summed E-state index contributed by atoms with van der Waals surface area (Å²) in [5.41, 5.74) is 1.26. The summed E-state index contributed by atoms with van der Waals surface area (Å²) in [5.74, 6) is 0.716. The Kier molecular flexibility index (Phi) is 3.94. The normalized spacial score (nSPS) is 24.2. The number of hydrogen-bond donors (Lipinski definition) is 1. The van der Waals surface area contributed by atoms with Gasteiger partial charge >= 0.3 is 0 Å². The molecule has 6 heteroatoms. The fourth-order valence-corrected chi connectivity index (χ4v) is 3.80. The molecule has 2 aromatic heterocycles. The van der Waals surface area contributed by atoms with Crippen molar-refractivity contribution >= 4 is 16.3 Å². The Morgan fingerprint density at radius 3 is 3.00 bits per heavy atom. The van der Waals surface area contributed by atoms with E-state index in [0.717, 1.165) is 30.2 Å². The average molecular weight is 309 g/mol. The van der Waals surface area contributed by atoms with Crippen LogP contribution in [0.4, 0.5) is 0 Å². The van der Waals surface area contributed by atoms with Gasteiger partial charge in [-0.2, -0.15) is 4.98 Å². The number of ether oxygens (including phenoxy) is 2. The number of imidazole rings is 1. The summed E-state index contributed by atoms with van der Waals surface area (Å²) in [4.78, 5) is 5.46. The Morgan fingerprint density at radius 1 is 1.52 bits per heavy atom. The quantitative estimate of drug-likeness (QED) is 0.891. The van der Waals surface area contributed by atoms with E-state index in [2.05, 4.69) is 35.5 Å². The highest BCUT2D eigenvalue weighted by Gasteiger charge is 2.48. The van der Waals surface area contributed by atoms with E-state index in [4.69, 9.17) is 9.47 Å². The van der Waals surface area contributed by atoms with E-state index in [-0.39, 0.29) is 5.41 Å². The van der Waals surface area contributed by atoms with Crippen LogP contribution in [0.3, 0.4) is 0 Å². The van der Waals surface area contributed by atoms with Gasteiger partial charge in [0.15, 0.2) is 4.96 Å². The molecule has 1 N–H and O–H groups in total. The molecule has 0 bridgehead atoms. The highest BCUT2D eigenvalue weighted by Crippen LogP contribution is 2.43. The Hall–Kier alpha value is -1.11. The summed E-state index contributed by atoms with van der Waals surface area (Å²) in [6.45, 7) is 8.13. The van der Waals surface area contributed by atoms with Gasteiger partial charge in [-0.3, -0.25) is 4.40 Å². The predicted molar refractivity (Wildman–Crippen MR) is 84.1 cm³/mol. The van der Waals surface area contributed by atoms with Crippen molar-refractivity contribution < 1.29 is 9.47 Å². The summed E-state index contributed by atoms with van der Waals surface area (Å²) in [6.07, 6.45) is 3.46. The average Bonchev–Trinajstić information content (AvgIpc) is 3.03. The first-order valence-corrected chi connectivity index (χ1v) is 8.29. The SMILES string of the molecule is CCOC1CC(NCc2c(OC)nc3sccn23)C1(C)C. The number of nitrogens with zero attached hydrogens (tertiary/aromatic N) is 2. The molecule has 2 heterocycles. The number of nitrogens with one attached hydrogen (secondary N) is 1. The van der Waals surface area contributed by atoms with Gasteiger partial charge in [-0.1, -0.05) is 13.8 Å². The van der Waals surface area contributed by atoms with Crippen molar-refractivity contribution in [1.82, 2.24) is 14.7 Å². The molecule has 0 aromatic carbocycles. The van der Waals surface area contributed by atoms with Crippen LogP contribution in [0, 0.1) is 5.41 Å². The van der Waals surface area contributed by atoms with Crippen molar-refractivity contribution in [3.63, 3.8) is 0 Å². The Labute approximate surface area is 129 Å². The monoisotopic (exact) mass is 309 g/mol. The zero-order chi connectivity index (χ0) is 15.0. The molecule has 2 aromatic rings. The lowest BCUT2D eigenvalue weighted by atomic mass is 9.64. The Bertz CT molecular complexity index is 619. The molecule has 1 aliphatic rings. The number of aromatic nitrogens is 2. The zero-order valence-corrected chi connectivity index (χ0v) is 13.9. The molecular weight excluding hydrogens is 286 g/mol. The summed E-state index contributed by atoms with van der Waals surface area (Å²) in [5, 5.41) is 5.69. The van der Waals surface area contributed by atoms with Crippen LogP contribution >= 0.6 is 11.3 Å². The van der Waals surface area contributed by atoms with Crippen molar-refractivity contribution in [2.24, 2.45) is 5.41 Å². The van der Waals surface area contributed by atoms with Gasteiger partial charge in [0.2, 0.25) is 5.88 Å². The second-order valence-corrected chi connectivity index (χ2v) is 6.93. The number of fused-ring (bicyclic) bond motifs is 1. The van der Waals surface area contributed by atoms with E-state index in [1.165, 1.54) is 0 Å². The highest BCUT2D eigenvalue weighted by atomic mass is 32.1. The van der Waals surface area contributed by atoms with Crippen LogP contribution in [-0.4, -0.2) is 35.2 Å². The van der Waals surface area contributed by atoms with Gasteiger partial charge in [0, 0.05) is 36.2 Å². The molecule has 1 fully saturated rings. The van der Waals surface area contributed by atoms with Gasteiger partial charge < -0.3 is 14.8 Å². The molecule has 3 rings (SSSR count). The molecule has 116 valence electrons. The largest absolute Gasteiger partial charge is 0.480 e. The third-order valence-electron chi connectivity index (χ3n) is 4.58. The molecule has 1 saturated carbocycles. The van der Waals surface area contributed by atoms with Crippen LogP contribution in [0.1, 0.15) is 32.9 Å². The maximum atomic E-state index is 5.78. The van der Waals surface area contributed by atoms with Gasteiger partial charge in [0.1, 0.15) is 5.69 Å². The van der Waals surface area contributed by atoms with Gasteiger partial charge in [0.05, 0.1) is 13.2 Å². The molecule has 2 unspecified atom stereocenters. The number of rotatable bonds is 6. The van der Waals surface area contributed by atoms with E-state index in [9.17, 15) is 0 Å². The summed E-state index contributed by atoms with van der Waals surface area (Å²) in [6, 6.07) is 0.461. The van der Waals surface area contributed by atoms with Crippen molar-refractivity contribution in [2.75, 3.05) is 13.7 Å². The molecular formula is C15H23N3O2S. The molecule has 0 saturated heterocycles. The standard InChI is InChI=1S/C15H23N3O2S/c1-5-20-12-8-11(15(12,2)3)16-9-10-13(19-4)17-14-18(10)6-7-21-14/h6-7,11-12,16H,5,8-9H2,1-4H3. The van der Waals surface area contributed by atoms with Gasteiger partial charge in [-0.15, -0.1) is 11.3 Å². The molecule has 0 amide bonds. The van der Waals surface area contributed by atoms with E-state index < -0.39 is 0 Å². The van der Waals surface area contributed by atoms with Crippen LogP contribution < -0.4 is 10.1 Å². The predicted octanol–water partition coefficient (Wildman–Crippen LogP) is 2.70. The minimum atomic E-state index is 0.168. The van der Waals surface area contributed by atoms with E-state index >= 15 is 0 Å². The lowest BCUT2D eigenvalue weighted by molar-refractivity contribution is -0.114. The van der Waals surface area contributed by atoms with Crippen molar-refractivity contribution in [3.05, 3.63) is 17.3 Å². The first kappa shape index (κ1) is 14.8. The van der Waals surface area contributed by atoms with Crippen LogP contribution in [0.25, 0.3) is 4.96 Å². The molecule has 2 atom stereocenters. The van der Waals surface area contributed by atoms with E-state index in [1.807, 2.05) is 11.6 Å². The van der Waals surface area contributed by atoms with Gasteiger partial charge in [-0.25, -0.2) is 0 Å². The smallest absolute Gasteiger partial charge is 0.237 e. The number of thiazole rings is 1. The van der Waals surface area contributed by atoms with Crippen LogP contribution in [0.15, 0.2) is 11.6 Å². The minimum absolute atomic E-state index is 0.168. The zero-order valence-electron chi connectivity index (χ0n) is 13.0. The summed E-state index contributed by atoms with van der Waals surface area (Å²) in [7, 11) is 1.67. The lowest BCUT2D eigenvalue weighted by Crippen LogP contribution is -2.60.